The number of nitrogens with zero attached hydrogens (tertiary/aromatic N) is 1. The molecule has 0 saturated carbocycles. The Morgan fingerprint density at radius 2 is 1.68 bits per heavy atom. The largest absolute Gasteiger partial charge is 0.497 e. The molecule has 0 atom stereocenters. The third-order valence-corrected chi connectivity index (χ3v) is 7.14. The third kappa shape index (κ3) is 4.07. The number of benzene rings is 2. The Morgan fingerprint density at radius 3 is 2.23 bits per heavy atom. The molecule has 0 unspecified atom stereocenters. The number of hydrogen-bond acceptors (Lipinski definition) is 4. The molecule has 6 nitrogen and oxygen atoms in total. The van der Waals surface area contributed by atoms with E-state index in [1.54, 1.807) is 36.6 Å². The van der Waals surface area contributed by atoms with Crippen molar-refractivity contribution in [2.24, 2.45) is 0 Å². The number of halogens is 1. The van der Waals surface area contributed by atoms with Crippen LogP contribution in [0.2, 0.25) is 0 Å². The highest BCUT2D eigenvalue weighted by atomic mass is 32.2. The highest BCUT2D eigenvalue weighted by Gasteiger charge is 2.31. The number of aromatic nitrogens is 1. The highest BCUT2D eigenvalue weighted by molar-refractivity contribution is 7.91. The number of ether oxygens (including phenoxy) is 1. The third-order valence-electron chi connectivity index (χ3n) is 5.21. The van der Waals surface area contributed by atoms with E-state index in [2.05, 4.69) is 5.32 Å². The molecule has 0 radical (unpaired) electrons. The zero-order valence-electron chi connectivity index (χ0n) is 18.1. The first-order valence-corrected chi connectivity index (χ1v) is 11.2. The SMILES string of the molecule is COc1ccc(S(=O)(=O)c2c(C)c(C)n(C(C)C)c2NC(=O)c2ccccc2F)cc1. The van der Waals surface area contributed by atoms with Crippen LogP contribution in [0.5, 0.6) is 5.75 Å². The Bertz CT molecular complexity index is 1230. The molecular weight excluding hydrogens is 419 g/mol. The van der Waals surface area contributed by atoms with Crippen molar-refractivity contribution in [1.29, 1.82) is 0 Å². The maximum Gasteiger partial charge on any atom is 0.259 e. The van der Waals surface area contributed by atoms with E-state index in [1.807, 2.05) is 13.8 Å². The van der Waals surface area contributed by atoms with E-state index in [-0.39, 0.29) is 27.2 Å². The molecule has 0 fully saturated rings. The summed E-state index contributed by atoms with van der Waals surface area (Å²) < 4.78 is 48.1. The average Bonchev–Trinajstić information content (AvgIpc) is 2.98. The first-order chi connectivity index (χ1) is 14.6. The van der Waals surface area contributed by atoms with Crippen LogP contribution in [0.1, 0.15) is 41.5 Å². The Kier molecular flexibility index (Phi) is 6.22. The summed E-state index contributed by atoms with van der Waals surface area (Å²) in [6.07, 6.45) is 0. The van der Waals surface area contributed by atoms with E-state index in [0.717, 1.165) is 0 Å². The van der Waals surface area contributed by atoms with Gasteiger partial charge in [0.05, 0.1) is 17.6 Å². The molecule has 1 N–H and O–H groups in total. The van der Waals surface area contributed by atoms with Crippen LogP contribution in [-0.4, -0.2) is 26.0 Å². The molecule has 3 aromatic rings. The predicted octanol–water partition coefficient (Wildman–Crippen LogP) is 4.92. The lowest BCUT2D eigenvalue weighted by atomic mass is 10.2. The highest BCUT2D eigenvalue weighted by Crippen LogP contribution is 2.37. The molecule has 1 heterocycles. The van der Waals surface area contributed by atoms with E-state index in [0.29, 0.717) is 17.0 Å². The number of amides is 1. The second kappa shape index (κ2) is 8.55. The second-order valence-electron chi connectivity index (χ2n) is 7.46. The average molecular weight is 445 g/mol. The van der Waals surface area contributed by atoms with Gasteiger partial charge in [-0.15, -0.1) is 0 Å². The Hall–Kier alpha value is -3.13. The Balaban J connectivity index is 2.19. The monoisotopic (exact) mass is 444 g/mol. The number of nitrogens with one attached hydrogen (secondary N) is 1. The van der Waals surface area contributed by atoms with Gasteiger partial charge < -0.3 is 14.6 Å². The molecular formula is C23H25FN2O4S. The zero-order valence-corrected chi connectivity index (χ0v) is 18.9. The maximum absolute atomic E-state index is 14.2. The fourth-order valence-corrected chi connectivity index (χ4v) is 5.27. The van der Waals surface area contributed by atoms with Gasteiger partial charge >= 0.3 is 0 Å². The van der Waals surface area contributed by atoms with Crippen LogP contribution < -0.4 is 10.1 Å². The summed E-state index contributed by atoms with van der Waals surface area (Å²) in [4.78, 5) is 12.9. The number of methoxy groups -OCH3 is 1. The molecule has 0 saturated heterocycles. The van der Waals surface area contributed by atoms with Gasteiger partial charge in [-0.3, -0.25) is 4.79 Å². The summed E-state index contributed by atoms with van der Waals surface area (Å²) in [6, 6.07) is 11.5. The van der Waals surface area contributed by atoms with Gasteiger partial charge in [-0.25, -0.2) is 12.8 Å². The summed E-state index contributed by atoms with van der Waals surface area (Å²) >= 11 is 0. The van der Waals surface area contributed by atoms with E-state index in [1.165, 1.54) is 37.4 Å². The van der Waals surface area contributed by atoms with Gasteiger partial charge in [0.2, 0.25) is 9.84 Å². The van der Waals surface area contributed by atoms with Crippen molar-refractivity contribution in [2.75, 3.05) is 12.4 Å². The van der Waals surface area contributed by atoms with E-state index in [4.69, 9.17) is 4.74 Å². The molecule has 8 heteroatoms. The van der Waals surface area contributed by atoms with Crippen LogP contribution in [0.25, 0.3) is 0 Å². The lowest BCUT2D eigenvalue weighted by molar-refractivity contribution is 0.102. The van der Waals surface area contributed by atoms with Crippen molar-refractivity contribution < 1.29 is 22.3 Å². The number of carbonyl (C=O) groups excluding carboxylic acids is 1. The first kappa shape index (κ1) is 22.6. The molecule has 0 aliphatic rings. The van der Waals surface area contributed by atoms with Gasteiger partial charge in [0, 0.05) is 11.7 Å². The molecule has 2 aromatic carbocycles. The van der Waals surface area contributed by atoms with E-state index < -0.39 is 21.6 Å². The van der Waals surface area contributed by atoms with Gasteiger partial charge in [0.1, 0.15) is 22.3 Å². The number of hydrogen-bond donors (Lipinski definition) is 1. The van der Waals surface area contributed by atoms with Crippen molar-refractivity contribution in [1.82, 2.24) is 4.57 Å². The van der Waals surface area contributed by atoms with Crippen LogP contribution in [0.15, 0.2) is 58.3 Å². The molecule has 0 spiro atoms. The first-order valence-electron chi connectivity index (χ1n) is 9.76. The van der Waals surface area contributed by atoms with Crippen molar-refractivity contribution in [2.45, 2.75) is 43.5 Å². The fraction of sp³-hybridized carbons (Fsp3) is 0.261. The van der Waals surface area contributed by atoms with Gasteiger partial charge in [-0.2, -0.15) is 0 Å². The number of rotatable bonds is 6. The molecule has 164 valence electrons. The minimum absolute atomic E-state index is 0.00597. The quantitative estimate of drug-likeness (QED) is 0.586. The van der Waals surface area contributed by atoms with Crippen LogP contribution in [0, 0.1) is 19.7 Å². The van der Waals surface area contributed by atoms with Gasteiger partial charge in [-0.1, -0.05) is 12.1 Å². The number of sulfone groups is 1. The molecule has 0 aliphatic carbocycles. The van der Waals surface area contributed by atoms with Crippen LogP contribution >= 0.6 is 0 Å². The van der Waals surface area contributed by atoms with Crippen molar-refractivity contribution >= 4 is 21.6 Å². The van der Waals surface area contributed by atoms with Crippen LogP contribution in [0.3, 0.4) is 0 Å². The summed E-state index contributed by atoms with van der Waals surface area (Å²) in [5.41, 5.74) is 1.06. The number of carbonyl (C=O) groups is 1. The lowest BCUT2D eigenvalue weighted by Crippen LogP contribution is -2.19. The number of anilines is 1. The molecule has 0 aliphatic heterocycles. The summed E-state index contributed by atoms with van der Waals surface area (Å²) in [7, 11) is -2.49. The van der Waals surface area contributed by atoms with Gasteiger partial charge in [0.25, 0.3) is 5.91 Å². The van der Waals surface area contributed by atoms with Gasteiger partial charge in [-0.05, 0) is 69.7 Å². The Morgan fingerprint density at radius 1 is 1.06 bits per heavy atom. The van der Waals surface area contributed by atoms with Crippen LogP contribution in [-0.2, 0) is 9.84 Å². The van der Waals surface area contributed by atoms with Crippen molar-refractivity contribution in [3.8, 4) is 5.75 Å². The molecule has 31 heavy (non-hydrogen) atoms. The van der Waals surface area contributed by atoms with Crippen molar-refractivity contribution in [3.05, 3.63) is 71.2 Å². The Labute approximate surface area is 181 Å². The van der Waals surface area contributed by atoms with Crippen LogP contribution in [0.4, 0.5) is 10.2 Å². The minimum atomic E-state index is -3.98. The standard InChI is InChI=1S/C23H25FN2O4S/c1-14(2)26-16(4)15(3)21(31(28,29)18-12-10-17(30-5)11-13-18)22(26)25-23(27)19-8-6-7-9-20(19)24/h6-14H,1-5H3,(H,25,27). The van der Waals surface area contributed by atoms with E-state index in [9.17, 15) is 17.6 Å². The fourth-order valence-electron chi connectivity index (χ4n) is 3.58. The summed E-state index contributed by atoms with van der Waals surface area (Å²) in [5, 5.41) is 2.66. The van der Waals surface area contributed by atoms with E-state index >= 15 is 0 Å². The second-order valence-corrected chi connectivity index (χ2v) is 9.35. The zero-order chi connectivity index (χ0) is 22.9. The van der Waals surface area contributed by atoms with Crippen molar-refractivity contribution in [3.63, 3.8) is 0 Å². The van der Waals surface area contributed by atoms with Gasteiger partial charge in [0.15, 0.2) is 0 Å². The molecule has 1 aromatic heterocycles. The maximum atomic E-state index is 14.2. The normalized spacial score (nSPS) is 11.6. The molecule has 3 rings (SSSR count). The molecule has 0 bridgehead atoms. The lowest BCUT2D eigenvalue weighted by Gasteiger charge is -2.17. The topological polar surface area (TPSA) is 77.4 Å². The minimum Gasteiger partial charge on any atom is -0.497 e. The molecule has 1 amide bonds. The summed E-state index contributed by atoms with van der Waals surface area (Å²) in [5.74, 6) is -0.756. The predicted molar refractivity (Wildman–Crippen MR) is 117 cm³/mol. The smallest absolute Gasteiger partial charge is 0.259 e. The summed E-state index contributed by atoms with van der Waals surface area (Å²) in [6.45, 7) is 7.26.